The fraction of sp³-hybridized carbons (Fsp3) is 0.667. The molecule has 86 valence electrons. The van der Waals surface area contributed by atoms with Gasteiger partial charge in [-0.1, -0.05) is 6.42 Å². The second-order valence-corrected chi connectivity index (χ2v) is 4.66. The summed E-state index contributed by atoms with van der Waals surface area (Å²) in [6.45, 7) is 1.99. The lowest BCUT2D eigenvalue weighted by molar-refractivity contribution is 0.404. The molecule has 1 aromatic heterocycles. The third-order valence-corrected chi connectivity index (χ3v) is 3.68. The number of aromatic nitrogens is 2. The normalized spacial score (nSPS) is 20.1. The van der Waals surface area contributed by atoms with Gasteiger partial charge in [-0.25, -0.2) is 9.97 Å². The molecule has 0 unspecified atom stereocenters. The Morgan fingerprint density at radius 3 is 2.88 bits per heavy atom. The van der Waals surface area contributed by atoms with E-state index in [4.69, 9.17) is 0 Å². The SMILES string of the molecule is CNc1nc2c(c(C3CCC3)n1)CNCC2. The van der Waals surface area contributed by atoms with Gasteiger partial charge in [-0.2, -0.15) is 0 Å². The summed E-state index contributed by atoms with van der Waals surface area (Å²) >= 11 is 0. The summed E-state index contributed by atoms with van der Waals surface area (Å²) in [5, 5.41) is 6.50. The molecule has 0 spiro atoms. The van der Waals surface area contributed by atoms with Gasteiger partial charge >= 0.3 is 0 Å². The Labute approximate surface area is 95.9 Å². The molecule has 1 aliphatic heterocycles. The average Bonchev–Trinajstić information content (AvgIpc) is 2.26. The molecule has 0 atom stereocenters. The van der Waals surface area contributed by atoms with Gasteiger partial charge in [0.15, 0.2) is 0 Å². The molecule has 1 aliphatic carbocycles. The summed E-state index contributed by atoms with van der Waals surface area (Å²) < 4.78 is 0. The monoisotopic (exact) mass is 218 g/mol. The Bertz CT molecular complexity index is 398. The second kappa shape index (κ2) is 4.01. The fourth-order valence-corrected chi connectivity index (χ4v) is 2.50. The fourth-order valence-electron chi connectivity index (χ4n) is 2.50. The lowest BCUT2D eigenvalue weighted by Gasteiger charge is -2.29. The molecular formula is C12H18N4. The summed E-state index contributed by atoms with van der Waals surface area (Å²) in [4.78, 5) is 9.24. The first-order chi connectivity index (χ1) is 7.88. The van der Waals surface area contributed by atoms with Gasteiger partial charge in [0.1, 0.15) is 0 Å². The minimum atomic E-state index is 0.684. The standard InChI is InChI=1S/C12H18N4/c1-13-12-15-10-5-6-14-7-9(10)11(16-12)8-3-2-4-8/h8,14H,2-7H2,1H3,(H,13,15,16). The quantitative estimate of drug-likeness (QED) is 0.788. The maximum Gasteiger partial charge on any atom is 0.222 e. The third kappa shape index (κ3) is 1.57. The highest BCUT2D eigenvalue weighted by Crippen LogP contribution is 2.38. The van der Waals surface area contributed by atoms with Crippen molar-refractivity contribution >= 4 is 5.95 Å². The van der Waals surface area contributed by atoms with Gasteiger partial charge in [-0.3, -0.25) is 0 Å². The number of rotatable bonds is 2. The highest BCUT2D eigenvalue weighted by Gasteiger charge is 2.27. The molecule has 1 saturated carbocycles. The molecule has 2 N–H and O–H groups in total. The Kier molecular flexibility index (Phi) is 2.52. The van der Waals surface area contributed by atoms with Crippen LogP contribution in [0.2, 0.25) is 0 Å². The Balaban J connectivity index is 2.05. The van der Waals surface area contributed by atoms with Gasteiger partial charge in [-0.15, -0.1) is 0 Å². The van der Waals surface area contributed by atoms with Crippen LogP contribution in [0.3, 0.4) is 0 Å². The molecule has 0 aromatic carbocycles. The van der Waals surface area contributed by atoms with Crippen molar-refractivity contribution in [3.63, 3.8) is 0 Å². The van der Waals surface area contributed by atoms with Crippen molar-refractivity contribution in [2.45, 2.75) is 38.1 Å². The van der Waals surface area contributed by atoms with E-state index in [-0.39, 0.29) is 0 Å². The number of nitrogens with one attached hydrogen (secondary N) is 2. The van der Waals surface area contributed by atoms with Crippen molar-refractivity contribution in [1.82, 2.24) is 15.3 Å². The van der Waals surface area contributed by atoms with Gasteiger partial charge in [-0.05, 0) is 12.8 Å². The first-order valence-corrected chi connectivity index (χ1v) is 6.16. The minimum absolute atomic E-state index is 0.684. The van der Waals surface area contributed by atoms with Gasteiger partial charge in [0.2, 0.25) is 5.95 Å². The van der Waals surface area contributed by atoms with Crippen LogP contribution in [0.1, 0.15) is 42.1 Å². The van der Waals surface area contributed by atoms with Crippen molar-refractivity contribution in [2.24, 2.45) is 0 Å². The molecule has 0 saturated heterocycles. The molecule has 4 nitrogen and oxygen atoms in total. The number of nitrogens with zero attached hydrogens (tertiary/aromatic N) is 2. The van der Waals surface area contributed by atoms with Crippen LogP contribution in [0.25, 0.3) is 0 Å². The molecule has 1 fully saturated rings. The number of hydrogen-bond donors (Lipinski definition) is 2. The van der Waals surface area contributed by atoms with Crippen molar-refractivity contribution in [3.05, 3.63) is 17.0 Å². The van der Waals surface area contributed by atoms with Crippen LogP contribution in [-0.2, 0) is 13.0 Å². The van der Waals surface area contributed by atoms with Crippen LogP contribution in [0.5, 0.6) is 0 Å². The van der Waals surface area contributed by atoms with Crippen LogP contribution < -0.4 is 10.6 Å². The molecule has 16 heavy (non-hydrogen) atoms. The van der Waals surface area contributed by atoms with E-state index in [1.807, 2.05) is 7.05 Å². The van der Waals surface area contributed by atoms with Crippen LogP contribution in [-0.4, -0.2) is 23.6 Å². The predicted molar refractivity (Wildman–Crippen MR) is 63.6 cm³/mol. The van der Waals surface area contributed by atoms with Crippen molar-refractivity contribution in [2.75, 3.05) is 18.9 Å². The third-order valence-electron chi connectivity index (χ3n) is 3.68. The lowest BCUT2D eigenvalue weighted by Crippen LogP contribution is -2.28. The van der Waals surface area contributed by atoms with Crippen LogP contribution in [0.15, 0.2) is 0 Å². The highest BCUT2D eigenvalue weighted by molar-refractivity contribution is 5.38. The second-order valence-electron chi connectivity index (χ2n) is 4.66. The summed E-state index contributed by atoms with van der Waals surface area (Å²) in [5.74, 6) is 1.48. The van der Waals surface area contributed by atoms with E-state index in [9.17, 15) is 0 Å². The van der Waals surface area contributed by atoms with Crippen LogP contribution >= 0.6 is 0 Å². The van der Waals surface area contributed by atoms with E-state index in [0.29, 0.717) is 5.92 Å². The van der Waals surface area contributed by atoms with Crippen LogP contribution in [0, 0.1) is 0 Å². The zero-order valence-corrected chi connectivity index (χ0v) is 9.71. The smallest absolute Gasteiger partial charge is 0.222 e. The maximum absolute atomic E-state index is 4.66. The zero-order valence-electron chi connectivity index (χ0n) is 9.71. The molecule has 3 rings (SSSR count). The Morgan fingerprint density at radius 2 is 2.19 bits per heavy atom. The van der Waals surface area contributed by atoms with E-state index in [0.717, 1.165) is 25.5 Å². The average molecular weight is 218 g/mol. The van der Waals surface area contributed by atoms with E-state index >= 15 is 0 Å². The molecule has 2 heterocycles. The lowest BCUT2D eigenvalue weighted by atomic mass is 9.80. The van der Waals surface area contributed by atoms with E-state index in [2.05, 4.69) is 20.6 Å². The molecule has 2 aliphatic rings. The first-order valence-electron chi connectivity index (χ1n) is 6.16. The maximum atomic E-state index is 4.66. The van der Waals surface area contributed by atoms with Crippen LogP contribution in [0.4, 0.5) is 5.95 Å². The summed E-state index contributed by atoms with van der Waals surface area (Å²) in [6.07, 6.45) is 4.98. The molecule has 4 heteroatoms. The number of fused-ring (bicyclic) bond motifs is 1. The number of hydrogen-bond acceptors (Lipinski definition) is 4. The topological polar surface area (TPSA) is 49.8 Å². The molecule has 1 aromatic rings. The van der Waals surface area contributed by atoms with E-state index in [1.54, 1.807) is 0 Å². The minimum Gasteiger partial charge on any atom is -0.357 e. The molecule has 0 bridgehead atoms. The predicted octanol–water partition coefficient (Wildman–Crippen LogP) is 1.43. The summed E-state index contributed by atoms with van der Waals surface area (Å²) in [6, 6.07) is 0. The van der Waals surface area contributed by atoms with Gasteiger partial charge in [0, 0.05) is 38.0 Å². The van der Waals surface area contributed by atoms with Gasteiger partial charge in [0.05, 0.1) is 11.4 Å². The molecule has 0 radical (unpaired) electrons. The molecular weight excluding hydrogens is 200 g/mol. The van der Waals surface area contributed by atoms with Crippen molar-refractivity contribution in [3.8, 4) is 0 Å². The van der Waals surface area contributed by atoms with Crippen molar-refractivity contribution in [1.29, 1.82) is 0 Å². The highest BCUT2D eigenvalue weighted by atomic mass is 15.1. The van der Waals surface area contributed by atoms with E-state index in [1.165, 1.54) is 36.2 Å². The number of anilines is 1. The Morgan fingerprint density at radius 1 is 1.31 bits per heavy atom. The first kappa shape index (κ1) is 10.0. The zero-order chi connectivity index (χ0) is 11.0. The Hall–Kier alpha value is -1.16. The largest absolute Gasteiger partial charge is 0.357 e. The van der Waals surface area contributed by atoms with Crippen molar-refractivity contribution < 1.29 is 0 Å². The summed E-state index contributed by atoms with van der Waals surface area (Å²) in [5.41, 5.74) is 3.92. The van der Waals surface area contributed by atoms with Gasteiger partial charge in [0.25, 0.3) is 0 Å². The molecule has 0 amide bonds. The summed E-state index contributed by atoms with van der Waals surface area (Å²) in [7, 11) is 1.90. The van der Waals surface area contributed by atoms with Gasteiger partial charge < -0.3 is 10.6 Å². The van der Waals surface area contributed by atoms with E-state index < -0.39 is 0 Å².